The molecule has 2 saturated heterocycles. The maximum absolute atomic E-state index is 14.9. The maximum atomic E-state index is 14.9. The van der Waals surface area contributed by atoms with E-state index in [1.165, 1.54) is 193 Å². The predicted molar refractivity (Wildman–Crippen MR) is 449 cm³/mol. The van der Waals surface area contributed by atoms with E-state index in [-0.39, 0.29) is 25.7 Å². The van der Waals surface area contributed by atoms with E-state index in [0.29, 0.717) is 38.0 Å². The van der Waals surface area contributed by atoms with Crippen molar-refractivity contribution in [3.63, 3.8) is 0 Å². The third-order valence-electron chi connectivity index (χ3n) is 23.5. The number of carbonyl (C=O) groups excluding carboxylic acids is 4. The van der Waals surface area contributed by atoms with E-state index in [0.717, 1.165) is 128 Å². The zero-order valence-electron chi connectivity index (χ0n) is 73.0. The minimum atomic E-state index is -5.80. The van der Waals surface area contributed by atoms with Crippen LogP contribution in [0.5, 0.6) is 0 Å². The standard InChI is InChI=1S/C90H169O25P/c1-6-10-14-18-22-25-28-31-32-35-36-39-42-49-56-62-74(93)107-68-72-78(97)80(99)84(103)90(111-72)114-87-85(112-76(95)64-58-52-44-41-38-34-30-27-24-20-16-12-8-3)81(100)82(101)86(113-89-83(102)79(98)77(96)71(65-91)110-89)88(87)115-116(104,105)108-67-70(109-75(94)63-57-51-43-40-37-33-29-26-23-19-15-11-7-2)66-106-73(92)61-55-50-46-45-48-54-60-69(5)59-53-47-21-17-13-9-4/h69-72,77-91,96-103H,6-68H2,1-5H3,(H,104,105). The molecule has 2 aliphatic heterocycles. The van der Waals surface area contributed by atoms with Gasteiger partial charge in [0.1, 0.15) is 92.6 Å². The fourth-order valence-electron chi connectivity index (χ4n) is 15.9. The lowest BCUT2D eigenvalue weighted by Crippen LogP contribution is -2.70. The number of rotatable bonds is 76. The molecule has 3 fully saturated rings. The van der Waals surface area contributed by atoms with Gasteiger partial charge in [0, 0.05) is 25.7 Å². The molecule has 0 radical (unpaired) electrons. The van der Waals surface area contributed by atoms with Gasteiger partial charge in [-0.2, -0.15) is 0 Å². The molecule has 116 heavy (non-hydrogen) atoms. The number of aliphatic hydroxyl groups is 9. The third-order valence-corrected chi connectivity index (χ3v) is 24.5. The number of ether oxygens (including phenoxy) is 8. The second-order valence-corrected chi connectivity index (χ2v) is 35.6. The third kappa shape index (κ3) is 49.1. The Balaban J connectivity index is 1.91. The highest BCUT2D eigenvalue weighted by Gasteiger charge is 2.60. The van der Waals surface area contributed by atoms with E-state index in [9.17, 15) is 74.6 Å². The number of esters is 4. The molecule has 0 aromatic heterocycles. The van der Waals surface area contributed by atoms with Gasteiger partial charge in [-0.3, -0.25) is 28.2 Å². The molecule has 0 amide bonds. The van der Waals surface area contributed by atoms with Gasteiger partial charge in [-0.25, -0.2) is 4.57 Å². The highest BCUT2D eigenvalue weighted by Crippen LogP contribution is 2.49. The molecule has 0 spiro atoms. The van der Waals surface area contributed by atoms with Crippen LogP contribution < -0.4 is 0 Å². The minimum Gasteiger partial charge on any atom is -0.463 e. The van der Waals surface area contributed by atoms with Crippen LogP contribution in [-0.2, 0) is 70.7 Å². The van der Waals surface area contributed by atoms with Crippen LogP contribution in [0.4, 0.5) is 0 Å². The van der Waals surface area contributed by atoms with E-state index < -0.39 is 162 Å². The Hall–Kier alpha value is -2.53. The van der Waals surface area contributed by atoms with Crippen LogP contribution in [0.3, 0.4) is 0 Å². The van der Waals surface area contributed by atoms with Gasteiger partial charge >= 0.3 is 31.7 Å². The number of hydrogen-bond donors (Lipinski definition) is 10. The van der Waals surface area contributed by atoms with Gasteiger partial charge in [-0.15, -0.1) is 0 Å². The van der Waals surface area contributed by atoms with Crippen molar-refractivity contribution in [3.8, 4) is 0 Å². The predicted octanol–water partition coefficient (Wildman–Crippen LogP) is 17.2. The average molecular weight is 1680 g/mol. The Labute approximate surface area is 699 Å². The summed E-state index contributed by atoms with van der Waals surface area (Å²) in [7, 11) is -5.80. The lowest BCUT2D eigenvalue weighted by atomic mass is 9.84. The van der Waals surface area contributed by atoms with Crippen LogP contribution in [0, 0.1) is 5.92 Å². The molecule has 19 atom stereocenters. The van der Waals surface area contributed by atoms with Gasteiger partial charge in [-0.1, -0.05) is 362 Å². The van der Waals surface area contributed by atoms with E-state index in [1.807, 2.05) is 0 Å². The first-order valence-electron chi connectivity index (χ1n) is 47.2. The molecule has 0 aromatic rings. The van der Waals surface area contributed by atoms with Crippen LogP contribution in [0.2, 0.25) is 0 Å². The van der Waals surface area contributed by atoms with Gasteiger partial charge in [0.25, 0.3) is 0 Å². The van der Waals surface area contributed by atoms with Crippen molar-refractivity contribution in [2.45, 2.75) is 518 Å². The average Bonchev–Trinajstić information content (AvgIpc) is 0.754. The summed E-state index contributed by atoms with van der Waals surface area (Å²) >= 11 is 0. The summed E-state index contributed by atoms with van der Waals surface area (Å²) in [6.07, 6.45) is 23.9. The number of carbonyl (C=O) groups is 4. The molecule has 10 N–H and O–H groups in total. The van der Waals surface area contributed by atoms with Gasteiger partial charge in [0.05, 0.1) is 13.2 Å². The number of phosphoric ester groups is 1. The van der Waals surface area contributed by atoms with Crippen LogP contribution in [0.1, 0.15) is 413 Å². The quantitative estimate of drug-likeness (QED) is 0.0117. The molecule has 26 heteroatoms. The normalized spacial score (nSPS) is 25.4. The highest BCUT2D eigenvalue weighted by atomic mass is 31.2. The largest absolute Gasteiger partial charge is 0.472 e. The van der Waals surface area contributed by atoms with Crippen molar-refractivity contribution < 1.29 is 122 Å². The fraction of sp³-hybridized carbons (Fsp3) is 0.956. The second-order valence-electron chi connectivity index (χ2n) is 34.2. The first-order valence-corrected chi connectivity index (χ1v) is 48.7. The lowest BCUT2D eigenvalue weighted by Gasteiger charge is -2.50. The zero-order chi connectivity index (χ0) is 84.8. The Morgan fingerprint density at radius 3 is 1.03 bits per heavy atom. The van der Waals surface area contributed by atoms with Gasteiger partial charge in [-0.05, 0) is 31.6 Å². The van der Waals surface area contributed by atoms with Crippen molar-refractivity contribution in [2.75, 3.05) is 26.4 Å². The van der Waals surface area contributed by atoms with Gasteiger partial charge in [0.15, 0.2) is 24.8 Å². The molecule has 684 valence electrons. The van der Waals surface area contributed by atoms with E-state index in [1.54, 1.807) is 0 Å². The van der Waals surface area contributed by atoms with Crippen LogP contribution in [0.15, 0.2) is 0 Å². The van der Waals surface area contributed by atoms with E-state index in [2.05, 4.69) is 34.6 Å². The Kier molecular flexibility index (Phi) is 63.9. The zero-order valence-corrected chi connectivity index (χ0v) is 73.9. The van der Waals surface area contributed by atoms with Crippen molar-refractivity contribution in [2.24, 2.45) is 5.92 Å². The number of phosphoric acid groups is 1. The smallest absolute Gasteiger partial charge is 0.463 e. The summed E-state index contributed by atoms with van der Waals surface area (Å²) in [6, 6.07) is 0. The van der Waals surface area contributed by atoms with Crippen LogP contribution in [0.25, 0.3) is 0 Å². The summed E-state index contributed by atoms with van der Waals surface area (Å²) in [5.74, 6) is -2.26. The SMILES string of the molecule is CCCCCCCCCCCCCCCCCC(=O)OCC1OC(OC2C(OC(=O)CCCCCCCCCCCCCCC)C(O)C(O)C(OC3OC(CO)C(O)C(O)C3O)C2OP(=O)(O)OCC(COC(=O)CCCCCCCCC(C)CCCCCCCC)OC(=O)CCCCCCCCCCCCCCC)C(O)C(O)C1O. The van der Waals surface area contributed by atoms with Gasteiger partial charge in [0.2, 0.25) is 0 Å². The molecular weight excluding hydrogens is 1510 g/mol. The molecule has 1 saturated carbocycles. The summed E-state index contributed by atoms with van der Waals surface area (Å²) in [5, 5.41) is 102. The summed E-state index contributed by atoms with van der Waals surface area (Å²) in [4.78, 5) is 66.5. The molecule has 2 heterocycles. The second kappa shape index (κ2) is 68.9. The molecule has 1 aliphatic carbocycles. The molecule has 0 bridgehead atoms. The van der Waals surface area contributed by atoms with Gasteiger partial charge < -0.3 is 88.7 Å². The lowest BCUT2D eigenvalue weighted by molar-refractivity contribution is -0.360. The monoisotopic (exact) mass is 1680 g/mol. The Morgan fingerprint density at radius 1 is 0.336 bits per heavy atom. The minimum absolute atomic E-state index is 0.0198. The molecule has 3 aliphatic rings. The van der Waals surface area contributed by atoms with E-state index in [4.69, 9.17) is 46.9 Å². The first-order chi connectivity index (χ1) is 56.1. The maximum Gasteiger partial charge on any atom is 0.472 e. The highest BCUT2D eigenvalue weighted by molar-refractivity contribution is 7.47. The topological polar surface area (TPSA) is 380 Å². The molecule has 19 unspecified atom stereocenters. The first kappa shape index (κ1) is 108. The molecule has 0 aromatic carbocycles. The van der Waals surface area contributed by atoms with Crippen molar-refractivity contribution in [3.05, 3.63) is 0 Å². The Bertz CT molecular complexity index is 2430. The molecule has 3 rings (SSSR count). The van der Waals surface area contributed by atoms with Crippen molar-refractivity contribution in [1.82, 2.24) is 0 Å². The Morgan fingerprint density at radius 2 is 0.647 bits per heavy atom. The van der Waals surface area contributed by atoms with Crippen LogP contribution >= 0.6 is 7.82 Å². The summed E-state index contributed by atoms with van der Waals surface area (Å²) in [5.41, 5.74) is 0. The number of aliphatic hydroxyl groups excluding tert-OH is 9. The fourth-order valence-corrected chi connectivity index (χ4v) is 16.9. The molecule has 25 nitrogen and oxygen atoms in total. The summed E-state index contributed by atoms with van der Waals surface area (Å²) in [6.45, 7) is 7.95. The van der Waals surface area contributed by atoms with Crippen LogP contribution in [-0.4, -0.2) is 205 Å². The van der Waals surface area contributed by atoms with Crippen molar-refractivity contribution >= 4 is 31.7 Å². The summed E-state index contributed by atoms with van der Waals surface area (Å²) < 4.78 is 73.5. The molecular formula is C90H169O25P. The number of unbranched alkanes of at least 4 members (excludes halogenated alkanes) is 48. The van der Waals surface area contributed by atoms with Crippen molar-refractivity contribution in [1.29, 1.82) is 0 Å². The number of hydrogen-bond acceptors (Lipinski definition) is 24. The van der Waals surface area contributed by atoms with E-state index >= 15 is 0 Å².